The topological polar surface area (TPSA) is 52.6 Å². The van der Waals surface area contributed by atoms with E-state index >= 15 is 0 Å². The Labute approximate surface area is 87.0 Å². The Morgan fingerprint density at radius 2 is 1.93 bits per heavy atom. The molecule has 1 aromatic rings. The summed E-state index contributed by atoms with van der Waals surface area (Å²) in [6.07, 6.45) is 4.80. The highest BCUT2D eigenvalue weighted by molar-refractivity contribution is 7.82. The third-order valence-corrected chi connectivity index (χ3v) is 2.10. The van der Waals surface area contributed by atoms with Crippen molar-refractivity contribution in [3.05, 3.63) is 30.1 Å². The lowest BCUT2D eigenvalue weighted by Gasteiger charge is -2.04. The first-order valence-corrected chi connectivity index (χ1v) is 5.15. The van der Waals surface area contributed by atoms with E-state index < -0.39 is 22.8 Å². The summed E-state index contributed by atoms with van der Waals surface area (Å²) in [5, 5.41) is 0. The summed E-state index contributed by atoms with van der Waals surface area (Å²) in [6, 6.07) is 4.44. The summed E-state index contributed by atoms with van der Waals surface area (Å²) in [4.78, 5) is 0. The van der Waals surface area contributed by atoms with E-state index in [4.69, 9.17) is 6.42 Å². The van der Waals surface area contributed by atoms with Gasteiger partial charge in [-0.25, -0.2) is 8.57 Å². The maximum Gasteiger partial charge on any atom is 0.449 e. The molecule has 0 aliphatic carbocycles. The molecule has 0 saturated heterocycles. The molecular weight excluding hydrogens is 223 g/mol. The maximum absolute atomic E-state index is 12.5. The van der Waals surface area contributed by atoms with Crippen LogP contribution in [-0.4, -0.2) is 15.0 Å². The van der Waals surface area contributed by atoms with Gasteiger partial charge in [-0.1, -0.05) is 5.92 Å². The lowest BCUT2D eigenvalue weighted by molar-refractivity contribution is 0.306. The first-order chi connectivity index (χ1) is 7.03. The van der Waals surface area contributed by atoms with E-state index in [1.54, 1.807) is 0 Å². The molecule has 0 heterocycles. The molecule has 0 aromatic heterocycles. The van der Waals surface area contributed by atoms with Crippen molar-refractivity contribution in [2.75, 3.05) is 6.61 Å². The predicted octanol–water partition coefficient (Wildman–Crippen LogP) is 1.10. The van der Waals surface area contributed by atoms with Gasteiger partial charge in [0.2, 0.25) is 0 Å². The van der Waals surface area contributed by atoms with Crippen molar-refractivity contribution in [2.45, 2.75) is 0 Å². The average molecular weight is 230 g/mol. The second-order valence-electron chi connectivity index (χ2n) is 2.41. The van der Waals surface area contributed by atoms with Crippen molar-refractivity contribution in [1.82, 2.24) is 0 Å². The molecule has 0 amide bonds. The highest BCUT2D eigenvalue weighted by atomic mass is 32.3. The van der Waals surface area contributed by atoms with Crippen molar-refractivity contribution in [1.29, 1.82) is 0 Å². The van der Waals surface area contributed by atoms with Crippen LogP contribution >= 0.6 is 0 Å². The summed E-state index contributed by atoms with van der Waals surface area (Å²) >= 11 is 0. The molecule has 0 atom stereocenters. The Hall–Kier alpha value is -1.58. The molecule has 0 aliphatic heterocycles. The van der Waals surface area contributed by atoms with Gasteiger partial charge in [0.15, 0.2) is 0 Å². The minimum atomic E-state index is -4.17. The molecule has 0 unspecified atom stereocenters. The Kier molecular flexibility index (Phi) is 3.66. The molecule has 0 spiro atoms. The number of hydrogen-bond acceptors (Lipinski definition) is 4. The SMILES string of the molecule is C#CCOS(=O)(=O)Oc1ccc(F)cc1. The fourth-order valence-corrected chi connectivity index (χ4v) is 1.35. The highest BCUT2D eigenvalue weighted by Gasteiger charge is 2.12. The van der Waals surface area contributed by atoms with Crippen LogP contribution in [-0.2, 0) is 14.6 Å². The van der Waals surface area contributed by atoms with Crippen molar-refractivity contribution in [3.63, 3.8) is 0 Å². The van der Waals surface area contributed by atoms with Crippen molar-refractivity contribution < 1.29 is 21.2 Å². The van der Waals surface area contributed by atoms with Crippen LogP contribution in [0.4, 0.5) is 4.39 Å². The van der Waals surface area contributed by atoms with Crippen LogP contribution < -0.4 is 4.18 Å². The highest BCUT2D eigenvalue weighted by Crippen LogP contribution is 2.13. The van der Waals surface area contributed by atoms with Gasteiger partial charge in [0.25, 0.3) is 0 Å². The van der Waals surface area contributed by atoms with Gasteiger partial charge >= 0.3 is 10.4 Å². The molecule has 0 N–H and O–H groups in total. The van der Waals surface area contributed by atoms with E-state index in [0.29, 0.717) is 0 Å². The number of rotatable bonds is 4. The molecule has 1 rings (SSSR count). The lowest BCUT2D eigenvalue weighted by Crippen LogP contribution is -2.13. The number of halogens is 1. The molecule has 0 fully saturated rings. The normalized spacial score (nSPS) is 10.7. The molecule has 4 nitrogen and oxygen atoms in total. The second-order valence-corrected chi connectivity index (χ2v) is 3.63. The van der Waals surface area contributed by atoms with Crippen molar-refractivity contribution >= 4 is 10.4 Å². The number of benzene rings is 1. The summed E-state index contributed by atoms with van der Waals surface area (Å²) in [5.74, 6) is 1.43. The zero-order chi connectivity index (χ0) is 11.3. The molecule has 0 radical (unpaired) electrons. The fraction of sp³-hybridized carbons (Fsp3) is 0.111. The molecule has 0 bridgehead atoms. The van der Waals surface area contributed by atoms with Gasteiger partial charge in [0.1, 0.15) is 18.2 Å². The second kappa shape index (κ2) is 4.77. The molecule has 0 aliphatic rings. The first-order valence-electron chi connectivity index (χ1n) is 3.81. The maximum atomic E-state index is 12.5. The van der Waals surface area contributed by atoms with Crippen molar-refractivity contribution in [2.24, 2.45) is 0 Å². The molecular formula is C9H7FO4S. The summed E-state index contributed by atoms with van der Waals surface area (Å²) in [6.45, 7) is -0.413. The van der Waals surface area contributed by atoms with Crippen LogP contribution in [0.5, 0.6) is 5.75 Å². The van der Waals surface area contributed by atoms with Crippen molar-refractivity contribution in [3.8, 4) is 18.1 Å². The Balaban J connectivity index is 2.70. The van der Waals surface area contributed by atoms with Gasteiger partial charge in [0.05, 0.1) is 0 Å². The van der Waals surface area contributed by atoms with Crippen LogP contribution in [0.15, 0.2) is 24.3 Å². The smallest absolute Gasteiger partial charge is 0.362 e. The third kappa shape index (κ3) is 3.97. The monoisotopic (exact) mass is 230 g/mol. The summed E-state index contributed by atoms with van der Waals surface area (Å²) in [7, 11) is -4.17. The number of terminal acetylenes is 1. The molecule has 6 heteroatoms. The van der Waals surface area contributed by atoms with E-state index in [0.717, 1.165) is 24.3 Å². The molecule has 80 valence electrons. The molecule has 15 heavy (non-hydrogen) atoms. The third-order valence-electron chi connectivity index (χ3n) is 1.30. The Morgan fingerprint density at radius 1 is 1.33 bits per heavy atom. The first kappa shape index (κ1) is 11.5. The van der Waals surface area contributed by atoms with Crippen LogP contribution in [0.2, 0.25) is 0 Å². The van der Waals surface area contributed by atoms with Gasteiger partial charge < -0.3 is 4.18 Å². The van der Waals surface area contributed by atoms with E-state index in [2.05, 4.69) is 8.37 Å². The Morgan fingerprint density at radius 3 is 2.47 bits per heavy atom. The van der Waals surface area contributed by atoms with Crippen LogP contribution in [0, 0.1) is 18.2 Å². The minimum absolute atomic E-state index is 0.0478. The predicted molar refractivity (Wildman–Crippen MR) is 50.7 cm³/mol. The van der Waals surface area contributed by atoms with E-state index in [-0.39, 0.29) is 5.75 Å². The average Bonchev–Trinajstić information content (AvgIpc) is 2.18. The van der Waals surface area contributed by atoms with Crippen LogP contribution in [0.25, 0.3) is 0 Å². The Bertz CT molecular complexity index is 458. The van der Waals surface area contributed by atoms with E-state index in [1.807, 2.05) is 5.92 Å². The largest absolute Gasteiger partial charge is 0.449 e. The molecule has 1 aromatic carbocycles. The van der Waals surface area contributed by atoms with Gasteiger partial charge in [-0.3, -0.25) is 0 Å². The lowest BCUT2D eigenvalue weighted by atomic mass is 10.3. The van der Waals surface area contributed by atoms with E-state index in [1.165, 1.54) is 0 Å². The van der Waals surface area contributed by atoms with Crippen LogP contribution in [0.3, 0.4) is 0 Å². The zero-order valence-electron chi connectivity index (χ0n) is 7.51. The fourth-order valence-electron chi connectivity index (χ4n) is 0.738. The van der Waals surface area contributed by atoms with E-state index in [9.17, 15) is 12.8 Å². The van der Waals surface area contributed by atoms with Gasteiger partial charge in [0, 0.05) is 0 Å². The minimum Gasteiger partial charge on any atom is -0.362 e. The van der Waals surface area contributed by atoms with Gasteiger partial charge in [-0.15, -0.1) is 6.42 Å². The van der Waals surface area contributed by atoms with Crippen LogP contribution in [0.1, 0.15) is 0 Å². The quantitative estimate of drug-likeness (QED) is 0.727. The van der Waals surface area contributed by atoms with Gasteiger partial charge in [-0.2, -0.15) is 8.42 Å². The number of hydrogen-bond donors (Lipinski definition) is 0. The summed E-state index contributed by atoms with van der Waals surface area (Å²) < 4.78 is 43.2. The zero-order valence-corrected chi connectivity index (χ0v) is 8.33. The summed E-state index contributed by atoms with van der Waals surface area (Å²) in [5.41, 5.74) is 0. The van der Waals surface area contributed by atoms with Gasteiger partial charge in [-0.05, 0) is 24.3 Å². The standard InChI is InChI=1S/C9H7FO4S/c1-2-7-13-15(11,12)14-9-5-3-8(10)4-6-9/h1,3-6H,7H2. The molecule has 0 saturated carbocycles.